The number of aryl methyl sites for hydroxylation is 3. The lowest BCUT2D eigenvalue weighted by Gasteiger charge is -2.06. The van der Waals surface area contributed by atoms with E-state index in [0.717, 1.165) is 34.2 Å². The predicted octanol–water partition coefficient (Wildman–Crippen LogP) is 4.70. The van der Waals surface area contributed by atoms with Crippen LogP contribution in [0.25, 0.3) is 10.6 Å². The Morgan fingerprint density at radius 2 is 1.48 bits per heavy atom. The Hall–Kier alpha value is -2.20. The minimum absolute atomic E-state index is 0.708. The molecule has 0 atom stereocenters. The second-order valence-corrected chi connectivity index (χ2v) is 6.58. The molecule has 3 aromatic rings. The smallest absolute Gasteiger partial charge is 0.147 e. The van der Waals surface area contributed by atoms with Gasteiger partial charge in [-0.05, 0) is 49.9 Å². The molecule has 0 spiro atoms. The molecule has 1 heterocycles. The first kappa shape index (κ1) is 15.7. The van der Waals surface area contributed by atoms with Crippen LogP contribution in [0.3, 0.4) is 0 Å². The maximum atomic E-state index is 5.47. The number of nitrogens with zero attached hydrogens (tertiary/aromatic N) is 2. The van der Waals surface area contributed by atoms with Crippen LogP contribution in [0.5, 0.6) is 5.75 Å². The van der Waals surface area contributed by atoms with Crippen molar-refractivity contribution in [3.05, 3.63) is 64.7 Å². The van der Waals surface area contributed by atoms with E-state index in [4.69, 9.17) is 4.74 Å². The van der Waals surface area contributed by atoms with E-state index in [2.05, 4.69) is 46.6 Å². The van der Waals surface area contributed by atoms with Gasteiger partial charge in [0.2, 0.25) is 0 Å². The van der Waals surface area contributed by atoms with Crippen LogP contribution in [0.1, 0.15) is 23.1 Å². The maximum absolute atomic E-state index is 5.47. The van der Waals surface area contributed by atoms with Crippen LogP contribution in [0.2, 0.25) is 0 Å². The fourth-order valence-electron chi connectivity index (χ4n) is 2.43. The highest BCUT2D eigenvalue weighted by Crippen LogP contribution is 2.23. The van der Waals surface area contributed by atoms with Gasteiger partial charge in [0.1, 0.15) is 15.8 Å². The first-order chi connectivity index (χ1) is 11.2. The molecule has 3 rings (SSSR count). The zero-order chi connectivity index (χ0) is 16.1. The highest BCUT2D eigenvalue weighted by molar-refractivity contribution is 7.14. The molecule has 3 nitrogen and oxygen atoms in total. The molecule has 2 aromatic carbocycles. The number of benzene rings is 2. The summed E-state index contributed by atoms with van der Waals surface area (Å²) in [7, 11) is 0. The average molecular weight is 324 g/mol. The number of ether oxygens (including phenoxy) is 1. The van der Waals surface area contributed by atoms with Crippen LogP contribution in [-0.2, 0) is 12.8 Å². The number of rotatable bonds is 6. The average Bonchev–Trinajstić information content (AvgIpc) is 3.01. The third-order valence-corrected chi connectivity index (χ3v) is 4.55. The van der Waals surface area contributed by atoms with Gasteiger partial charge in [0.05, 0.1) is 6.61 Å². The lowest BCUT2D eigenvalue weighted by atomic mass is 10.0. The minimum atomic E-state index is 0.708. The van der Waals surface area contributed by atoms with Gasteiger partial charge < -0.3 is 4.74 Å². The Morgan fingerprint density at radius 1 is 0.870 bits per heavy atom. The van der Waals surface area contributed by atoms with Gasteiger partial charge >= 0.3 is 0 Å². The molecule has 1 aromatic heterocycles. The standard InChI is InChI=1S/C19H20N2OS/c1-3-22-18-12-8-16(9-13-18)5-4-15-6-10-17(11-7-15)19-21-20-14(2)23-19/h6-13H,3-5H2,1-2H3. The van der Waals surface area contributed by atoms with Crippen LogP contribution >= 0.6 is 11.3 Å². The van der Waals surface area contributed by atoms with Crippen molar-refractivity contribution >= 4 is 11.3 Å². The van der Waals surface area contributed by atoms with Crippen molar-refractivity contribution < 1.29 is 4.74 Å². The summed E-state index contributed by atoms with van der Waals surface area (Å²) in [5.41, 5.74) is 3.81. The second kappa shape index (κ2) is 7.38. The molecular formula is C19H20N2OS. The van der Waals surface area contributed by atoms with Crippen LogP contribution in [0.15, 0.2) is 48.5 Å². The Kier molecular flexibility index (Phi) is 5.03. The van der Waals surface area contributed by atoms with Gasteiger partial charge in [0.25, 0.3) is 0 Å². The van der Waals surface area contributed by atoms with E-state index in [9.17, 15) is 0 Å². The highest BCUT2D eigenvalue weighted by Gasteiger charge is 2.04. The molecule has 0 unspecified atom stereocenters. The summed E-state index contributed by atoms with van der Waals surface area (Å²) >= 11 is 1.63. The maximum Gasteiger partial charge on any atom is 0.147 e. The SMILES string of the molecule is CCOc1ccc(CCc2ccc(-c3nnc(C)s3)cc2)cc1. The largest absolute Gasteiger partial charge is 0.494 e. The fourth-order valence-corrected chi connectivity index (χ4v) is 3.13. The third kappa shape index (κ3) is 4.17. The van der Waals surface area contributed by atoms with Crippen molar-refractivity contribution in [1.82, 2.24) is 10.2 Å². The van der Waals surface area contributed by atoms with E-state index in [-0.39, 0.29) is 0 Å². The topological polar surface area (TPSA) is 35.0 Å². The fraction of sp³-hybridized carbons (Fsp3) is 0.263. The molecule has 0 radical (unpaired) electrons. The lowest BCUT2D eigenvalue weighted by Crippen LogP contribution is -1.94. The lowest BCUT2D eigenvalue weighted by molar-refractivity contribution is 0.340. The van der Waals surface area contributed by atoms with Crippen LogP contribution < -0.4 is 4.74 Å². The predicted molar refractivity (Wildman–Crippen MR) is 95.1 cm³/mol. The molecule has 0 fully saturated rings. The Labute approximate surface area is 141 Å². The zero-order valence-corrected chi connectivity index (χ0v) is 14.3. The van der Waals surface area contributed by atoms with E-state index >= 15 is 0 Å². The Morgan fingerprint density at radius 3 is 2.00 bits per heavy atom. The molecule has 0 aliphatic carbocycles. The van der Waals surface area contributed by atoms with E-state index < -0.39 is 0 Å². The number of aromatic nitrogens is 2. The Bertz CT molecular complexity index is 748. The summed E-state index contributed by atoms with van der Waals surface area (Å²) < 4.78 is 5.47. The molecule has 0 bridgehead atoms. The number of hydrogen-bond acceptors (Lipinski definition) is 4. The molecule has 0 aliphatic heterocycles. The van der Waals surface area contributed by atoms with Gasteiger partial charge in [-0.15, -0.1) is 10.2 Å². The summed E-state index contributed by atoms with van der Waals surface area (Å²) in [6.07, 6.45) is 2.06. The van der Waals surface area contributed by atoms with E-state index in [0.29, 0.717) is 6.61 Å². The molecule has 23 heavy (non-hydrogen) atoms. The summed E-state index contributed by atoms with van der Waals surface area (Å²) in [4.78, 5) is 0. The first-order valence-corrected chi connectivity index (χ1v) is 8.67. The number of hydrogen-bond donors (Lipinski definition) is 0. The van der Waals surface area contributed by atoms with Gasteiger partial charge in [-0.2, -0.15) is 0 Å². The van der Waals surface area contributed by atoms with Crippen LogP contribution in [-0.4, -0.2) is 16.8 Å². The molecule has 0 amide bonds. The first-order valence-electron chi connectivity index (χ1n) is 7.86. The van der Waals surface area contributed by atoms with E-state index in [1.807, 2.05) is 26.0 Å². The summed E-state index contributed by atoms with van der Waals surface area (Å²) in [5, 5.41) is 10.2. The molecule has 0 saturated carbocycles. The molecule has 0 aliphatic rings. The van der Waals surface area contributed by atoms with Crippen molar-refractivity contribution in [3.8, 4) is 16.3 Å². The summed E-state index contributed by atoms with van der Waals surface area (Å²) in [6, 6.07) is 17.0. The van der Waals surface area contributed by atoms with E-state index in [1.54, 1.807) is 11.3 Å². The zero-order valence-electron chi connectivity index (χ0n) is 13.5. The molecule has 4 heteroatoms. The molecular weight excluding hydrogens is 304 g/mol. The quantitative estimate of drug-likeness (QED) is 0.659. The van der Waals surface area contributed by atoms with Crippen molar-refractivity contribution in [3.63, 3.8) is 0 Å². The Balaban J connectivity index is 1.60. The van der Waals surface area contributed by atoms with Gasteiger partial charge in [-0.25, -0.2) is 0 Å². The van der Waals surface area contributed by atoms with Crippen molar-refractivity contribution in [2.75, 3.05) is 6.61 Å². The van der Waals surface area contributed by atoms with Gasteiger partial charge in [0, 0.05) is 5.56 Å². The minimum Gasteiger partial charge on any atom is -0.494 e. The van der Waals surface area contributed by atoms with Crippen molar-refractivity contribution in [2.45, 2.75) is 26.7 Å². The molecule has 0 saturated heterocycles. The summed E-state index contributed by atoms with van der Waals surface area (Å²) in [5.74, 6) is 0.938. The normalized spacial score (nSPS) is 10.7. The van der Waals surface area contributed by atoms with Crippen molar-refractivity contribution in [2.24, 2.45) is 0 Å². The van der Waals surface area contributed by atoms with Gasteiger partial charge in [-0.3, -0.25) is 0 Å². The summed E-state index contributed by atoms with van der Waals surface area (Å²) in [6.45, 7) is 4.69. The van der Waals surface area contributed by atoms with Crippen LogP contribution in [0, 0.1) is 6.92 Å². The van der Waals surface area contributed by atoms with Gasteiger partial charge in [0.15, 0.2) is 0 Å². The van der Waals surface area contributed by atoms with Crippen LogP contribution in [0.4, 0.5) is 0 Å². The van der Waals surface area contributed by atoms with Gasteiger partial charge in [-0.1, -0.05) is 47.7 Å². The molecule has 118 valence electrons. The van der Waals surface area contributed by atoms with Crippen molar-refractivity contribution in [1.29, 1.82) is 0 Å². The second-order valence-electron chi connectivity index (χ2n) is 5.40. The third-order valence-electron chi connectivity index (χ3n) is 3.66. The molecule has 0 N–H and O–H groups in total. The van der Waals surface area contributed by atoms with E-state index in [1.165, 1.54) is 11.1 Å². The highest BCUT2D eigenvalue weighted by atomic mass is 32.1. The monoisotopic (exact) mass is 324 g/mol.